The molecule has 4 heteroatoms. The minimum atomic E-state index is -0.123. The molecule has 0 spiro atoms. The summed E-state index contributed by atoms with van der Waals surface area (Å²) in [5.41, 5.74) is 6.15. The van der Waals surface area contributed by atoms with Crippen molar-refractivity contribution in [3.05, 3.63) is 0 Å². The number of ether oxygens (including phenoxy) is 1. The Bertz CT molecular complexity index is 246. The summed E-state index contributed by atoms with van der Waals surface area (Å²) in [5.74, 6) is 2.24. The second kappa shape index (κ2) is 7.27. The molecule has 0 bridgehead atoms. The van der Waals surface area contributed by atoms with Crippen molar-refractivity contribution < 1.29 is 9.53 Å². The van der Waals surface area contributed by atoms with Crippen molar-refractivity contribution in [1.29, 1.82) is 0 Å². The summed E-state index contributed by atoms with van der Waals surface area (Å²) in [6.45, 7) is 4.58. The predicted molar refractivity (Wildman–Crippen MR) is 73.0 cm³/mol. The zero-order valence-corrected chi connectivity index (χ0v) is 12.0. The third-order valence-electron chi connectivity index (χ3n) is 3.69. The van der Waals surface area contributed by atoms with Gasteiger partial charge in [-0.05, 0) is 31.1 Å². The molecule has 1 rings (SSSR count). The maximum atomic E-state index is 11.0. The van der Waals surface area contributed by atoms with E-state index in [2.05, 4.69) is 18.6 Å². The van der Waals surface area contributed by atoms with Gasteiger partial charge in [0.1, 0.15) is 0 Å². The second-order valence-electron chi connectivity index (χ2n) is 5.22. The van der Waals surface area contributed by atoms with E-state index in [4.69, 9.17) is 5.73 Å². The van der Waals surface area contributed by atoms with Gasteiger partial charge in [-0.3, -0.25) is 4.79 Å². The summed E-state index contributed by atoms with van der Waals surface area (Å²) in [6.07, 6.45) is 4.08. The molecule has 1 saturated carbocycles. The Morgan fingerprint density at radius 3 is 2.76 bits per heavy atom. The third kappa shape index (κ3) is 4.88. The molecule has 0 aromatic rings. The van der Waals surface area contributed by atoms with Crippen molar-refractivity contribution >= 4 is 17.7 Å². The Hall–Kier alpha value is -0.220. The third-order valence-corrected chi connectivity index (χ3v) is 5.10. The number of esters is 1. The van der Waals surface area contributed by atoms with E-state index in [1.54, 1.807) is 0 Å². The molecule has 0 radical (unpaired) electrons. The number of methoxy groups -OCH3 is 1. The standard InChI is InChI=1S/C13H25NO2S/c1-9(2)10-4-5-11(14)12(8-10)17-7-6-13(15)16-3/h9-12H,4-8,14H2,1-3H3. The summed E-state index contributed by atoms with van der Waals surface area (Å²) < 4.78 is 4.64. The Morgan fingerprint density at radius 2 is 2.18 bits per heavy atom. The Morgan fingerprint density at radius 1 is 1.47 bits per heavy atom. The summed E-state index contributed by atoms with van der Waals surface area (Å²) in [5, 5.41) is 0.515. The molecular weight excluding hydrogens is 234 g/mol. The van der Waals surface area contributed by atoms with E-state index in [1.807, 2.05) is 11.8 Å². The van der Waals surface area contributed by atoms with E-state index in [-0.39, 0.29) is 5.97 Å². The Balaban J connectivity index is 2.32. The fourth-order valence-corrected chi connectivity index (χ4v) is 3.73. The van der Waals surface area contributed by atoms with Gasteiger partial charge in [0.05, 0.1) is 13.5 Å². The van der Waals surface area contributed by atoms with Crippen molar-refractivity contribution in [2.45, 2.75) is 50.8 Å². The van der Waals surface area contributed by atoms with Crippen LogP contribution in [0.2, 0.25) is 0 Å². The van der Waals surface area contributed by atoms with Gasteiger partial charge in [0.2, 0.25) is 0 Å². The number of nitrogens with two attached hydrogens (primary N) is 1. The van der Waals surface area contributed by atoms with Gasteiger partial charge in [0.15, 0.2) is 0 Å². The molecular formula is C13H25NO2S. The van der Waals surface area contributed by atoms with Crippen LogP contribution in [0.25, 0.3) is 0 Å². The molecule has 1 aliphatic carbocycles. The number of hydrogen-bond acceptors (Lipinski definition) is 4. The quantitative estimate of drug-likeness (QED) is 0.770. The van der Waals surface area contributed by atoms with E-state index in [0.717, 1.165) is 24.0 Å². The van der Waals surface area contributed by atoms with Crippen LogP contribution in [0.1, 0.15) is 39.5 Å². The van der Waals surface area contributed by atoms with Crippen LogP contribution in [0, 0.1) is 11.8 Å². The van der Waals surface area contributed by atoms with Crippen LogP contribution in [0.4, 0.5) is 0 Å². The molecule has 17 heavy (non-hydrogen) atoms. The van der Waals surface area contributed by atoms with Crippen LogP contribution in [0.3, 0.4) is 0 Å². The fraction of sp³-hybridized carbons (Fsp3) is 0.923. The molecule has 0 amide bonds. The minimum Gasteiger partial charge on any atom is -0.469 e. The summed E-state index contributed by atoms with van der Waals surface area (Å²) in [4.78, 5) is 11.0. The molecule has 0 aromatic heterocycles. The van der Waals surface area contributed by atoms with E-state index in [9.17, 15) is 4.79 Å². The number of hydrogen-bond donors (Lipinski definition) is 1. The molecule has 1 fully saturated rings. The highest BCUT2D eigenvalue weighted by Crippen LogP contribution is 2.35. The lowest BCUT2D eigenvalue weighted by atomic mass is 9.79. The highest BCUT2D eigenvalue weighted by molar-refractivity contribution is 7.99. The van der Waals surface area contributed by atoms with E-state index in [0.29, 0.717) is 17.7 Å². The van der Waals surface area contributed by atoms with Gasteiger partial charge in [-0.2, -0.15) is 11.8 Å². The molecule has 3 unspecified atom stereocenters. The van der Waals surface area contributed by atoms with E-state index >= 15 is 0 Å². The average Bonchev–Trinajstić information content (AvgIpc) is 2.30. The molecule has 0 heterocycles. The van der Waals surface area contributed by atoms with Crippen molar-refractivity contribution in [2.24, 2.45) is 17.6 Å². The first kappa shape index (κ1) is 14.8. The van der Waals surface area contributed by atoms with Crippen molar-refractivity contribution in [1.82, 2.24) is 0 Å². The normalized spacial score (nSPS) is 29.4. The molecule has 0 aliphatic heterocycles. The van der Waals surface area contributed by atoms with E-state index in [1.165, 1.54) is 20.0 Å². The van der Waals surface area contributed by atoms with Gasteiger partial charge in [-0.15, -0.1) is 0 Å². The predicted octanol–water partition coefficient (Wildman–Crippen LogP) is 2.43. The summed E-state index contributed by atoms with van der Waals surface area (Å²) >= 11 is 1.84. The summed E-state index contributed by atoms with van der Waals surface area (Å²) in [6, 6.07) is 0.299. The van der Waals surface area contributed by atoms with E-state index < -0.39 is 0 Å². The highest BCUT2D eigenvalue weighted by atomic mass is 32.2. The minimum absolute atomic E-state index is 0.123. The largest absolute Gasteiger partial charge is 0.469 e. The van der Waals surface area contributed by atoms with Crippen LogP contribution < -0.4 is 5.73 Å². The topological polar surface area (TPSA) is 52.3 Å². The van der Waals surface area contributed by atoms with Gasteiger partial charge in [-0.1, -0.05) is 13.8 Å². The smallest absolute Gasteiger partial charge is 0.306 e. The first-order valence-electron chi connectivity index (χ1n) is 6.48. The van der Waals surface area contributed by atoms with Crippen LogP contribution in [0.15, 0.2) is 0 Å². The Kier molecular flexibility index (Phi) is 6.34. The van der Waals surface area contributed by atoms with Crippen LogP contribution in [0.5, 0.6) is 0 Å². The van der Waals surface area contributed by atoms with Crippen molar-refractivity contribution in [3.63, 3.8) is 0 Å². The zero-order chi connectivity index (χ0) is 12.8. The van der Waals surface area contributed by atoms with Crippen LogP contribution in [-0.4, -0.2) is 30.1 Å². The highest BCUT2D eigenvalue weighted by Gasteiger charge is 2.29. The van der Waals surface area contributed by atoms with Gasteiger partial charge in [0.25, 0.3) is 0 Å². The van der Waals surface area contributed by atoms with Crippen LogP contribution in [-0.2, 0) is 9.53 Å². The Labute approximate surface area is 109 Å². The molecule has 0 saturated heterocycles. The van der Waals surface area contributed by atoms with Crippen LogP contribution >= 0.6 is 11.8 Å². The maximum Gasteiger partial charge on any atom is 0.306 e. The molecule has 0 aromatic carbocycles. The molecule has 1 aliphatic rings. The lowest BCUT2D eigenvalue weighted by Crippen LogP contribution is -2.39. The number of carbonyl (C=O) groups excluding carboxylic acids is 1. The monoisotopic (exact) mass is 259 g/mol. The van der Waals surface area contributed by atoms with Gasteiger partial charge in [-0.25, -0.2) is 0 Å². The lowest BCUT2D eigenvalue weighted by molar-refractivity contribution is -0.140. The second-order valence-corrected chi connectivity index (χ2v) is 6.56. The lowest BCUT2D eigenvalue weighted by Gasteiger charge is -2.35. The molecule has 3 atom stereocenters. The van der Waals surface area contributed by atoms with Gasteiger partial charge < -0.3 is 10.5 Å². The van der Waals surface area contributed by atoms with Crippen molar-refractivity contribution in [2.75, 3.05) is 12.9 Å². The summed E-state index contributed by atoms with van der Waals surface area (Å²) in [7, 11) is 1.44. The first-order chi connectivity index (χ1) is 8.04. The molecule has 100 valence electrons. The fourth-order valence-electron chi connectivity index (χ4n) is 2.38. The number of carbonyl (C=O) groups is 1. The SMILES string of the molecule is COC(=O)CCSC1CC(C(C)C)CCC1N. The number of thioether (sulfide) groups is 1. The molecule has 2 N–H and O–H groups in total. The van der Waals surface area contributed by atoms with Gasteiger partial charge in [0, 0.05) is 17.0 Å². The van der Waals surface area contributed by atoms with Gasteiger partial charge >= 0.3 is 5.97 Å². The average molecular weight is 259 g/mol. The molecule has 3 nitrogen and oxygen atoms in total. The first-order valence-corrected chi connectivity index (χ1v) is 7.53. The van der Waals surface area contributed by atoms with Crippen molar-refractivity contribution in [3.8, 4) is 0 Å². The number of rotatable bonds is 5. The maximum absolute atomic E-state index is 11.0. The zero-order valence-electron chi connectivity index (χ0n) is 11.1.